The van der Waals surface area contributed by atoms with Crippen LogP contribution in [-0.2, 0) is 6.42 Å². The lowest BCUT2D eigenvalue weighted by molar-refractivity contribution is 0.230. The molecule has 2 aromatic carbocycles. The molecule has 0 fully saturated rings. The van der Waals surface area contributed by atoms with Crippen molar-refractivity contribution in [2.24, 2.45) is 4.99 Å². The highest BCUT2D eigenvalue weighted by molar-refractivity contribution is 5.91. The fraction of sp³-hybridized carbons (Fsp3) is 0.143. The van der Waals surface area contributed by atoms with Gasteiger partial charge in [0.15, 0.2) is 0 Å². The summed E-state index contributed by atoms with van der Waals surface area (Å²) in [5.41, 5.74) is 5.18. The zero-order chi connectivity index (χ0) is 18.2. The topological polar surface area (TPSA) is 57.5 Å². The first-order valence-corrected chi connectivity index (χ1v) is 8.41. The maximum atomic E-state index is 13.3. The lowest BCUT2D eigenvalue weighted by Gasteiger charge is -2.20. The Labute approximate surface area is 152 Å². The first-order valence-electron chi connectivity index (χ1n) is 8.41. The van der Waals surface area contributed by atoms with E-state index in [4.69, 9.17) is 0 Å². The van der Waals surface area contributed by atoms with Crippen molar-refractivity contribution in [3.63, 3.8) is 0 Å². The van der Waals surface area contributed by atoms with Crippen LogP contribution in [0.3, 0.4) is 0 Å². The van der Waals surface area contributed by atoms with Crippen LogP contribution in [0.15, 0.2) is 84.1 Å². The van der Waals surface area contributed by atoms with E-state index in [1.807, 2.05) is 42.5 Å². The number of aliphatic imine (C=N–C) groups is 1. The van der Waals surface area contributed by atoms with Gasteiger partial charge in [-0.2, -0.15) is 0 Å². The molecular formula is C21H20FN3O. The lowest BCUT2D eigenvalue weighted by Crippen LogP contribution is -2.28. The predicted molar refractivity (Wildman–Crippen MR) is 99.9 cm³/mol. The number of hydrogen-bond acceptors (Lipinski definition) is 3. The Balaban J connectivity index is 1.88. The van der Waals surface area contributed by atoms with Gasteiger partial charge in [0, 0.05) is 18.9 Å². The van der Waals surface area contributed by atoms with Crippen molar-refractivity contribution in [1.29, 1.82) is 0 Å². The van der Waals surface area contributed by atoms with Crippen molar-refractivity contribution in [2.75, 3.05) is 6.54 Å². The number of pyridine rings is 1. The Bertz CT molecular complexity index is 836. The van der Waals surface area contributed by atoms with Gasteiger partial charge in [-0.25, -0.2) is 4.39 Å². The Kier molecular flexibility index (Phi) is 6.06. The van der Waals surface area contributed by atoms with E-state index >= 15 is 0 Å². The van der Waals surface area contributed by atoms with Crippen molar-refractivity contribution in [3.8, 4) is 0 Å². The number of aromatic nitrogens is 1. The summed E-state index contributed by atoms with van der Waals surface area (Å²) in [4.78, 5) is 8.56. The van der Waals surface area contributed by atoms with Crippen molar-refractivity contribution in [1.82, 2.24) is 10.5 Å². The molecule has 1 heterocycles. The molecule has 26 heavy (non-hydrogen) atoms. The van der Waals surface area contributed by atoms with Crippen molar-refractivity contribution < 1.29 is 9.60 Å². The van der Waals surface area contributed by atoms with Crippen molar-refractivity contribution >= 4 is 5.84 Å². The molecule has 5 heteroatoms. The average molecular weight is 349 g/mol. The summed E-state index contributed by atoms with van der Waals surface area (Å²) in [5, 5.41) is 9.71. The minimum atomic E-state index is -0.306. The van der Waals surface area contributed by atoms with Gasteiger partial charge in [-0.15, -0.1) is 0 Å². The predicted octanol–water partition coefficient (Wildman–Crippen LogP) is 3.97. The van der Waals surface area contributed by atoms with Gasteiger partial charge >= 0.3 is 0 Å². The normalized spacial score (nSPS) is 12.6. The van der Waals surface area contributed by atoms with Crippen molar-refractivity contribution in [2.45, 2.75) is 12.3 Å². The summed E-state index contributed by atoms with van der Waals surface area (Å²) in [7, 11) is 0. The Morgan fingerprint density at radius 1 is 0.962 bits per heavy atom. The first-order chi connectivity index (χ1) is 12.8. The maximum Gasteiger partial charge on any atom is 0.132 e. The molecule has 1 unspecified atom stereocenters. The number of rotatable bonds is 6. The molecule has 1 aromatic heterocycles. The van der Waals surface area contributed by atoms with Crippen molar-refractivity contribution in [3.05, 3.63) is 102 Å². The minimum Gasteiger partial charge on any atom is -0.290 e. The van der Waals surface area contributed by atoms with Gasteiger partial charge in [0.25, 0.3) is 0 Å². The number of hydrogen-bond donors (Lipinski definition) is 2. The number of hydroxylamine groups is 1. The van der Waals surface area contributed by atoms with Crippen LogP contribution in [0.5, 0.6) is 0 Å². The molecular weight excluding hydrogens is 329 g/mol. The third kappa shape index (κ3) is 4.52. The van der Waals surface area contributed by atoms with Gasteiger partial charge in [0.05, 0.1) is 5.92 Å². The molecule has 2 N–H and O–H groups in total. The van der Waals surface area contributed by atoms with Gasteiger partial charge in [-0.05, 0) is 47.4 Å². The fourth-order valence-corrected chi connectivity index (χ4v) is 2.86. The second-order valence-electron chi connectivity index (χ2n) is 5.88. The number of halogens is 1. The quantitative estimate of drug-likeness (QED) is 0.402. The van der Waals surface area contributed by atoms with E-state index in [-0.39, 0.29) is 11.7 Å². The molecule has 0 amide bonds. The van der Waals surface area contributed by atoms with Crippen LogP contribution in [-0.4, -0.2) is 22.6 Å². The highest BCUT2D eigenvalue weighted by Gasteiger charge is 2.20. The molecule has 3 rings (SSSR count). The van der Waals surface area contributed by atoms with Gasteiger partial charge in [-0.3, -0.25) is 20.7 Å². The summed E-state index contributed by atoms with van der Waals surface area (Å²) in [6.45, 7) is 0.511. The molecule has 4 nitrogen and oxygen atoms in total. The first kappa shape index (κ1) is 17.8. The number of nitrogens with one attached hydrogen (secondary N) is 1. The van der Waals surface area contributed by atoms with Crippen LogP contribution in [0.25, 0.3) is 0 Å². The Morgan fingerprint density at radius 3 is 2.27 bits per heavy atom. The minimum absolute atomic E-state index is 0.298. The molecule has 1 atom stereocenters. The molecule has 3 aromatic rings. The molecule has 0 spiro atoms. The van der Waals surface area contributed by atoms with E-state index in [0.717, 1.165) is 23.1 Å². The molecule has 0 saturated heterocycles. The highest BCUT2D eigenvalue weighted by atomic mass is 19.1. The van der Waals surface area contributed by atoms with Crippen LogP contribution in [0.1, 0.15) is 22.6 Å². The molecule has 0 aliphatic carbocycles. The molecule has 132 valence electrons. The van der Waals surface area contributed by atoms with Crippen LogP contribution in [0.2, 0.25) is 0 Å². The summed E-state index contributed by atoms with van der Waals surface area (Å²) in [6.07, 6.45) is 4.23. The van der Waals surface area contributed by atoms with E-state index < -0.39 is 0 Å². The standard InChI is InChI=1S/C21H20FN3O/c22-19-8-6-18(7-9-19)20(17-4-2-1-3-5-17)21(25-26)24-15-12-16-10-13-23-14-11-16/h1-11,13-14,20,26H,12,15H2,(H,24,25). The third-order valence-electron chi connectivity index (χ3n) is 4.16. The molecule has 0 aliphatic heterocycles. The Morgan fingerprint density at radius 2 is 1.62 bits per heavy atom. The summed E-state index contributed by atoms with van der Waals surface area (Å²) >= 11 is 0. The van der Waals surface area contributed by atoms with Crippen LogP contribution in [0, 0.1) is 5.82 Å². The molecule has 0 radical (unpaired) electrons. The smallest absolute Gasteiger partial charge is 0.132 e. The van der Waals surface area contributed by atoms with Gasteiger partial charge in [0.2, 0.25) is 0 Å². The average Bonchev–Trinajstić information content (AvgIpc) is 2.70. The van der Waals surface area contributed by atoms with E-state index in [1.54, 1.807) is 24.5 Å². The fourth-order valence-electron chi connectivity index (χ4n) is 2.86. The van der Waals surface area contributed by atoms with E-state index in [9.17, 15) is 9.60 Å². The summed E-state index contributed by atoms with van der Waals surface area (Å²) < 4.78 is 13.3. The lowest BCUT2D eigenvalue weighted by atomic mass is 9.90. The largest absolute Gasteiger partial charge is 0.290 e. The second kappa shape index (κ2) is 8.87. The molecule has 0 bridgehead atoms. The van der Waals surface area contributed by atoms with Crippen LogP contribution < -0.4 is 5.48 Å². The SMILES string of the molecule is ONC(=NCCc1ccncc1)C(c1ccccc1)c1ccc(F)cc1. The van der Waals surface area contributed by atoms with E-state index in [1.165, 1.54) is 12.1 Å². The second-order valence-corrected chi connectivity index (χ2v) is 5.88. The molecule has 0 saturated carbocycles. The third-order valence-corrected chi connectivity index (χ3v) is 4.16. The Hall–Kier alpha value is -3.05. The van der Waals surface area contributed by atoms with E-state index in [2.05, 4.69) is 15.5 Å². The zero-order valence-electron chi connectivity index (χ0n) is 14.2. The summed E-state index contributed by atoms with van der Waals surface area (Å²) in [6, 6.07) is 19.8. The van der Waals surface area contributed by atoms with Crippen LogP contribution >= 0.6 is 0 Å². The van der Waals surface area contributed by atoms with Gasteiger partial charge in [-0.1, -0.05) is 42.5 Å². The number of amidine groups is 1. The molecule has 0 aliphatic rings. The number of benzene rings is 2. The summed E-state index contributed by atoms with van der Waals surface area (Å²) in [5.74, 6) is -0.176. The maximum absolute atomic E-state index is 13.3. The van der Waals surface area contributed by atoms with Gasteiger partial charge in [0.1, 0.15) is 11.7 Å². The monoisotopic (exact) mass is 349 g/mol. The zero-order valence-corrected chi connectivity index (χ0v) is 14.2. The van der Waals surface area contributed by atoms with Gasteiger partial charge < -0.3 is 0 Å². The van der Waals surface area contributed by atoms with E-state index in [0.29, 0.717) is 12.4 Å². The number of nitrogens with zero attached hydrogens (tertiary/aromatic N) is 2. The van der Waals surface area contributed by atoms with Crippen LogP contribution in [0.4, 0.5) is 4.39 Å². The highest BCUT2D eigenvalue weighted by Crippen LogP contribution is 2.26.